The molecule has 0 aliphatic carbocycles. The lowest BCUT2D eigenvalue weighted by atomic mass is 9.97. The monoisotopic (exact) mass is 264 g/mol. The van der Waals surface area contributed by atoms with E-state index >= 15 is 0 Å². The summed E-state index contributed by atoms with van der Waals surface area (Å²) in [7, 11) is 1.40. The van der Waals surface area contributed by atoms with Gasteiger partial charge in [-0.05, 0) is 25.0 Å². The molecule has 1 aromatic carbocycles. The normalized spacial score (nSPS) is 19.0. The average molecular weight is 264 g/mol. The minimum absolute atomic E-state index is 0.0743. The molecular formula is C13H16N2O4. The summed E-state index contributed by atoms with van der Waals surface area (Å²) in [6.07, 6.45) is 1.74. The highest BCUT2D eigenvalue weighted by atomic mass is 16.6. The highest BCUT2D eigenvalue weighted by Gasteiger charge is 2.26. The topological polar surface area (TPSA) is 72.7 Å². The first-order chi connectivity index (χ1) is 9.11. The number of nitrogens with zero attached hydrogens (tertiary/aromatic N) is 2. The number of nitro groups is 1. The molecule has 0 saturated carbocycles. The maximum atomic E-state index is 11.5. The molecule has 2 rings (SSSR count). The molecule has 0 spiro atoms. The number of benzene rings is 1. The van der Waals surface area contributed by atoms with Crippen LogP contribution in [-0.2, 0) is 9.53 Å². The van der Waals surface area contributed by atoms with Gasteiger partial charge >= 0.3 is 5.97 Å². The number of nitro benzene ring substituents is 1. The average Bonchev–Trinajstić information content (AvgIpc) is 2.46. The Bertz CT molecular complexity index is 472. The van der Waals surface area contributed by atoms with Gasteiger partial charge in [0.15, 0.2) is 0 Å². The smallest absolute Gasteiger partial charge is 0.310 e. The van der Waals surface area contributed by atoms with Crippen molar-refractivity contribution >= 4 is 17.3 Å². The van der Waals surface area contributed by atoms with Crippen molar-refractivity contribution in [3.05, 3.63) is 34.4 Å². The van der Waals surface area contributed by atoms with E-state index in [0.29, 0.717) is 6.54 Å². The maximum Gasteiger partial charge on any atom is 0.310 e. The van der Waals surface area contributed by atoms with Gasteiger partial charge in [-0.3, -0.25) is 14.9 Å². The van der Waals surface area contributed by atoms with E-state index in [4.69, 9.17) is 4.74 Å². The molecule has 6 nitrogen and oxygen atoms in total. The fraction of sp³-hybridized carbons (Fsp3) is 0.462. The molecule has 0 N–H and O–H groups in total. The Morgan fingerprint density at radius 3 is 2.68 bits per heavy atom. The number of esters is 1. The van der Waals surface area contributed by atoms with Crippen LogP contribution in [-0.4, -0.2) is 31.1 Å². The van der Waals surface area contributed by atoms with Crippen molar-refractivity contribution < 1.29 is 14.5 Å². The number of hydrogen-bond donors (Lipinski definition) is 0. The fourth-order valence-corrected chi connectivity index (χ4v) is 2.36. The maximum absolute atomic E-state index is 11.5. The van der Waals surface area contributed by atoms with Gasteiger partial charge in [0.2, 0.25) is 0 Å². The Morgan fingerprint density at radius 2 is 2.11 bits per heavy atom. The van der Waals surface area contributed by atoms with E-state index in [-0.39, 0.29) is 17.6 Å². The van der Waals surface area contributed by atoms with Crippen molar-refractivity contribution in [1.82, 2.24) is 0 Å². The summed E-state index contributed by atoms with van der Waals surface area (Å²) < 4.78 is 4.77. The van der Waals surface area contributed by atoms with E-state index in [1.807, 2.05) is 0 Å². The van der Waals surface area contributed by atoms with E-state index in [0.717, 1.165) is 25.1 Å². The molecule has 6 heteroatoms. The highest BCUT2D eigenvalue weighted by molar-refractivity contribution is 5.73. The van der Waals surface area contributed by atoms with Gasteiger partial charge in [-0.2, -0.15) is 0 Å². The molecule has 0 aromatic heterocycles. The van der Waals surface area contributed by atoms with Crippen LogP contribution in [0.15, 0.2) is 24.3 Å². The number of piperidine rings is 1. The molecule has 1 saturated heterocycles. The zero-order valence-corrected chi connectivity index (χ0v) is 10.7. The van der Waals surface area contributed by atoms with Crippen LogP contribution in [0, 0.1) is 16.0 Å². The zero-order chi connectivity index (χ0) is 13.8. The summed E-state index contributed by atoms with van der Waals surface area (Å²) in [5.41, 5.74) is 0.976. The minimum Gasteiger partial charge on any atom is -0.469 e. The molecule has 0 radical (unpaired) electrons. The van der Waals surface area contributed by atoms with Gasteiger partial charge in [-0.15, -0.1) is 0 Å². The number of methoxy groups -OCH3 is 1. The molecule has 1 aromatic rings. The third kappa shape index (κ3) is 3.01. The number of carbonyl (C=O) groups excluding carboxylic acids is 1. The molecule has 1 aliphatic heterocycles. The van der Waals surface area contributed by atoms with E-state index in [2.05, 4.69) is 4.90 Å². The van der Waals surface area contributed by atoms with Crippen LogP contribution in [0.5, 0.6) is 0 Å². The molecule has 0 unspecified atom stereocenters. The molecule has 0 amide bonds. The Hall–Kier alpha value is -2.11. The summed E-state index contributed by atoms with van der Waals surface area (Å²) in [4.78, 5) is 23.8. The first kappa shape index (κ1) is 13.3. The number of rotatable bonds is 3. The van der Waals surface area contributed by atoms with Crippen molar-refractivity contribution in [1.29, 1.82) is 0 Å². The van der Waals surface area contributed by atoms with Gasteiger partial charge in [-0.25, -0.2) is 0 Å². The summed E-state index contributed by atoms with van der Waals surface area (Å²) >= 11 is 0. The number of anilines is 1. The number of carbonyl (C=O) groups is 1. The lowest BCUT2D eigenvalue weighted by molar-refractivity contribution is -0.384. The second-order valence-electron chi connectivity index (χ2n) is 4.58. The summed E-state index contributed by atoms with van der Waals surface area (Å²) in [5, 5.41) is 10.6. The van der Waals surface area contributed by atoms with Crippen LogP contribution in [0.1, 0.15) is 12.8 Å². The Balaban J connectivity index is 2.08. The van der Waals surface area contributed by atoms with Gasteiger partial charge in [-0.1, -0.05) is 0 Å². The van der Waals surface area contributed by atoms with Gasteiger partial charge in [0.1, 0.15) is 0 Å². The second-order valence-corrected chi connectivity index (χ2v) is 4.58. The van der Waals surface area contributed by atoms with Crippen LogP contribution in [0.2, 0.25) is 0 Å². The quantitative estimate of drug-likeness (QED) is 0.474. The van der Waals surface area contributed by atoms with Crippen molar-refractivity contribution in [2.75, 3.05) is 25.1 Å². The first-order valence-electron chi connectivity index (χ1n) is 6.19. The molecule has 102 valence electrons. The molecule has 1 heterocycles. The first-order valence-corrected chi connectivity index (χ1v) is 6.19. The van der Waals surface area contributed by atoms with Gasteiger partial charge in [0, 0.05) is 30.9 Å². The minimum atomic E-state index is -0.419. The van der Waals surface area contributed by atoms with Crippen LogP contribution in [0.25, 0.3) is 0 Å². The largest absolute Gasteiger partial charge is 0.469 e. The predicted octanol–water partition coefficient (Wildman–Crippen LogP) is 1.98. The predicted molar refractivity (Wildman–Crippen MR) is 70.0 cm³/mol. The van der Waals surface area contributed by atoms with E-state index in [9.17, 15) is 14.9 Å². The van der Waals surface area contributed by atoms with Crippen molar-refractivity contribution in [3.63, 3.8) is 0 Å². The molecule has 19 heavy (non-hydrogen) atoms. The number of hydrogen-bond acceptors (Lipinski definition) is 5. The molecule has 1 atom stereocenters. The van der Waals surface area contributed by atoms with Crippen molar-refractivity contribution in [2.45, 2.75) is 12.8 Å². The van der Waals surface area contributed by atoms with E-state index in [1.54, 1.807) is 12.1 Å². The van der Waals surface area contributed by atoms with E-state index in [1.165, 1.54) is 19.2 Å². The SMILES string of the molecule is COC(=O)[C@H]1CCCN(c2ccc([N+](=O)[O-])cc2)C1. The van der Waals surface area contributed by atoms with Crippen LogP contribution < -0.4 is 4.90 Å². The Kier molecular flexibility index (Phi) is 3.99. The number of ether oxygens (including phenoxy) is 1. The van der Waals surface area contributed by atoms with E-state index < -0.39 is 4.92 Å². The van der Waals surface area contributed by atoms with Crippen LogP contribution >= 0.6 is 0 Å². The summed E-state index contributed by atoms with van der Waals surface area (Å²) in [6.45, 7) is 1.45. The third-order valence-corrected chi connectivity index (χ3v) is 3.38. The zero-order valence-electron chi connectivity index (χ0n) is 10.7. The third-order valence-electron chi connectivity index (χ3n) is 3.38. The molecule has 0 bridgehead atoms. The van der Waals surface area contributed by atoms with Gasteiger partial charge in [0.05, 0.1) is 18.0 Å². The standard InChI is InChI=1S/C13H16N2O4/c1-19-13(16)10-3-2-8-14(9-10)11-4-6-12(7-5-11)15(17)18/h4-7,10H,2-3,8-9H2,1H3/t10-/m0/s1. The Morgan fingerprint density at radius 1 is 1.42 bits per heavy atom. The molecular weight excluding hydrogens is 248 g/mol. The lowest BCUT2D eigenvalue weighted by Crippen LogP contribution is -2.39. The fourth-order valence-electron chi connectivity index (χ4n) is 2.36. The lowest BCUT2D eigenvalue weighted by Gasteiger charge is -2.33. The molecule has 1 aliphatic rings. The Labute approximate surface area is 111 Å². The molecule has 1 fully saturated rings. The summed E-state index contributed by atoms with van der Waals surface area (Å²) in [5.74, 6) is -0.305. The van der Waals surface area contributed by atoms with Gasteiger partial charge in [0.25, 0.3) is 5.69 Å². The van der Waals surface area contributed by atoms with Crippen molar-refractivity contribution in [2.24, 2.45) is 5.92 Å². The highest BCUT2D eigenvalue weighted by Crippen LogP contribution is 2.25. The summed E-state index contributed by atoms with van der Waals surface area (Å²) in [6, 6.07) is 6.41. The van der Waals surface area contributed by atoms with Crippen LogP contribution in [0.4, 0.5) is 11.4 Å². The second kappa shape index (κ2) is 5.69. The van der Waals surface area contributed by atoms with Crippen molar-refractivity contribution in [3.8, 4) is 0 Å². The number of non-ortho nitro benzene ring substituents is 1. The van der Waals surface area contributed by atoms with Crippen LogP contribution in [0.3, 0.4) is 0 Å². The van der Waals surface area contributed by atoms with Gasteiger partial charge < -0.3 is 9.64 Å².